The summed E-state index contributed by atoms with van der Waals surface area (Å²) in [5.74, 6) is 0.991. The third-order valence-corrected chi connectivity index (χ3v) is 5.65. The van der Waals surface area contributed by atoms with Gasteiger partial charge in [-0.15, -0.1) is 0 Å². The number of nitrogens with zero attached hydrogens (tertiary/aromatic N) is 3. The van der Waals surface area contributed by atoms with Gasteiger partial charge in [-0.25, -0.2) is 4.98 Å². The lowest BCUT2D eigenvalue weighted by atomic mass is 10.2. The van der Waals surface area contributed by atoms with E-state index < -0.39 is 0 Å². The second-order valence-electron chi connectivity index (χ2n) is 7.37. The quantitative estimate of drug-likeness (QED) is 0.343. The van der Waals surface area contributed by atoms with Crippen LogP contribution >= 0.6 is 0 Å². The first kappa shape index (κ1) is 16.1. The Morgan fingerprint density at radius 2 is 1.10 bits per heavy atom. The number of hydrogen-bond acceptors (Lipinski definition) is 1. The topological polar surface area (TPSA) is 22.8 Å². The molecule has 29 heavy (non-hydrogen) atoms. The molecule has 0 radical (unpaired) electrons. The predicted molar refractivity (Wildman–Crippen MR) is 120 cm³/mol. The molecule has 0 atom stereocenters. The second kappa shape index (κ2) is 6.08. The first-order valence-corrected chi connectivity index (χ1v) is 9.84. The third-order valence-electron chi connectivity index (χ3n) is 5.65. The van der Waals surface area contributed by atoms with Crippen LogP contribution in [0.5, 0.6) is 0 Å². The van der Waals surface area contributed by atoms with Crippen molar-refractivity contribution in [2.75, 3.05) is 0 Å². The van der Waals surface area contributed by atoms with Gasteiger partial charge < -0.3 is 4.57 Å². The smallest absolute Gasteiger partial charge is 0.111 e. The van der Waals surface area contributed by atoms with Crippen molar-refractivity contribution in [2.45, 2.75) is 6.92 Å². The molecule has 0 amide bonds. The van der Waals surface area contributed by atoms with Gasteiger partial charge in [-0.05, 0) is 49.4 Å². The van der Waals surface area contributed by atoms with E-state index in [0.29, 0.717) is 0 Å². The van der Waals surface area contributed by atoms with Gasteiger partial charge in [-0.1, -0.05) is 54.6 Å². The Morgan fingerprint density at radius 3 is 1.79 bits per heavy atom. The van der Waals surface area contributed by atoms with Crippen LogP contribution in [0.1, 0.15) is 5.82 Å². The normalized spacial score (nSPS) is 11.6. The highest BCUT2D eigenvalue weighted by molar-refractivity contribution is 6.09. The van der Waals surface area contributed by atoms with E-state index in [9.17, 15) is 0 Å². The summed E-state index contributed by atoms with van der Waals surface area (Å²) in [5.41, 5.74) is 6.86. The highest BCUT2D eigenvalue weighted by Gasteiger charge is 2.13. The molecule has 0 bridgehead atoms. The van der Waals surface area contributed by atoms with E-state index in [1.807, 2.05) is 6.07 Å². The maximum absolute atomic E-state index is 4.74. The summed E-state index contributed by atoms with van der Waals surface area (Å²) in [4.78, 5) is 4.74. The molecule has 0 saturated carbocycles. The van der Waals surface area contributed by atoms with Crippen LogP contribution in [0.4, 0.5) is 0 Å². The van der Waals surface area contributed by atoms with E-state index >= 15 is 0 Å². The molecule has 0 saturated heterocycles. The van der Waals surface area contributed by atoms with Crippen molar-refractivity contribution in [1.82, 2.24) is 14.1 Å². The van der Waals surface area contributed by atoms with Gasteiger partial charge in [-0.2, -0.15) is 0 Å². The molecule has 0 N–H and O–H groups in total. The molecule has 2 heterocycles. The fraction of sp³-hybridized carbons (Fsp3) is 0.0385. The van der Waals surface area contributed by atoms with Crippen LogP contribution in [-0.2, 0) is 0 Å². The second-order valence-corrected chi connectivity index (χ2v) is 7.37. The van der Waals surface area contributed by atoms with Crippen molar-refractivity contribution < 1.29 is 0 Å². The Morgan fingerprint density at radius 1 is 0.552 bits per heavy atom. The molecule has 138 valence electrons. The lowest BCUT2D eigenvalue weighted by molar-refractivity contribution is 0.996. The van der Waals surface area contributed by atoms with E-state index in [1.165, 1.54) is 21.8 Å². The predicted octanol–water partition coefficient (Wildman–Crippen LogP) is 6.43. The maximum atomic E-state index is 4.74. The number of aromatic nitrogens is 3. The van der Waals surface area contributed by atoms with Crippen LogP contribution in [0, 0.1) is 6.92 Å². The third kappa shape index (κ3) is 2.34. The fourth-order valence-corrected chi connectivity index (χ4v) is 4.44. The Kier molecular flexibility index (Phi) is 3.38. The van der Waals surface area contributed by atoms with Crippen molar-refractivity contribution in [3.8, 4) is 11.4 Å². The summed E-state index contributed by atoms with van der Waals surface area (Å²) in [6.07, 6.45) is 0. The number of aryl methyl sites for hydroxylation is 1. The number of benzene rings is 4. The molecule has 4 aromatic carbocycles. The van der Waals surface area contributed by atoms with Crippen LogP contribution in [0.15, 0.2) is 97.1 Å². The summed E-state index contributed by atoms with van der Waals surface area (Å²) >= 11 is 0. The van der Waals surface area contributed by atoms with E-state index in [4.69, 9.17) is 4.98 Å². The minimum Gasteiger partial charge on any atom is -0.309 e. The molecule has 0 fully saturated rings. The molecule has 0 aliphatic rings. The van der Waals surface area contributed by atoms with Gasteiger partial charge >= 0.3 is 0 Å². The summed E-state index contributed by atoms with van der Waals surface area (Å²) < 4.78 is 4.58. The lowest BCUT2D eigenvalue weighted by Gasteiger charge is -2.12. The average Bonchev–Trinajstić information content (AvgIpc) is 3.28. The van der Waals surface area contributed by atoms with Crippen molar-refractivity contribution in [1.29, 1.82) is 0 Å². The van der Waals surface area contributed by atoms with Crippen molar-refractivity contribution in [3.05, 3.63) is 103 Å². The largest absolute Gasteiger partial charge is 0.309 e. The minimum atomic E-state index is 0.991. The minimum absolute atomic E-state index is 0.991. The zero-order valence-electron chi connectivity index (χ0n) is 16.1. The Bertz CT molecular complexity index is 1460. The molecule has 0 unspecified atom stereocenters. The van der Waals surface area contributed by atoms with Crippen LogP contribution in [0.25, 0.3) is 44.2 Å². The summed E-state index contributed by atoms with van der Waals surface area (Å²) in [7, 11) is 0. The first-order chi connectivity index (χ1) is 14.3. The fourth-order valence-electron chi connectivity index (χ4n) is 4.44. The highest BCUT2D eigenvalue weighted by Crippen LogP contribution is 2.32. The van der Waals surface area contributed by atoms with Gasteiger partial charge in [-0.3, -0.25) is 4.57 Å². The molecule has 6 rings (SSSR count). The SMILES string of the molecule is Cc1nc2ccccc2n1-c1cccc(-n2c3ccccc3c3ccccc32)c1. The standard InChI is InChI=1S/C26H19N3/c1-18-27-23-13-4-7-16-26(23)28(18)19-9-8-10-20(17-19)29-24-14-5-2-11-21(24)22-12-3-6-15-25(22)29/h2-17H,1H3. The van der Waals surface area contributed by atoms with Crippen molar-refractivity contribution >= 4 is 32.8 Å². The van der Waals surface area contributed by atoms with Gasteiger partial charge in [0, 0.05) is 22.1 Å². The molecule has 2 aromatic heterocycles. The maximum Gasteiger partial charge on any atom is 0.111 e. The van der Waals surface area contributed by atoms with Gasteiger partial charge in [0.2, 0.25) is 0 Å². The molecule has 0 aliphatic heterocycles. The lowest BCUT2D eigenvalue weighted by Crippen LogP contribution is -2.00. The van der Waals surface area contributed by atoms with Crippen molar-refractivity contribution in [3.63, 3.8) is 0 Å². The Balaban J connectivity index is 1.65. The monoisotopic (exact) mass is 373 g/mol. The zero-order chi connectivity index (χ0) is 19.4. The molecule has 3 heteroatoms. The number of para-hydroxylation sites is 4. The van der Waals surface area contributed by atoms with Crippen LogP contribution < -0.4 is 0 Å². The number of hydrogen-bond donors (Lipinski definition) is 0. The first-order valence-electron chi connectivity index (χ1n) is 9.84. The van der Waals surface area contributed by atoms with Crippen molar-refractivity contribution in [2.24, 2.45) is 0 Å². The number of rotatable bonds is 2. The van der Waals surface area contributed by atoms with Gasteiger partial charge in [0.25, 0.3) is 0 Å². The van der Waals surface area contributed by atoms with E-state index in [0.717, 1.165) is 28.2 Å². The molecule has 0 aliphatic carbocycles. The van der Waals surface area contributed by atoms with Crippen LogP contribution in [-0.4, -0.2) is 14.1 Å². The van der Waals surface area contributed by atoms with E-state index in [2.05, 4.69) is 107 Å². The zero-order valence-corrected chi connectivity index (χ0v) is 16.1. The Hall–Kier alpha value is -3.85. The molecule has 0 spiro atoms. The molecule has 6 aromatic rings. The average molecular weight is 373 g/mol. The van der Waals surface area contributed by atoms with Crippen LogP contribution in [0.3, 0.4) is 0 Å². The van der Waals surface area contributed by atoms with E-state index in [1.54, 1.807) is 0 Å². The Labute approximate surface area is 168 Å². The highest BCUT2D eigenvalue weighted by atomic mass is 15.1. The molecular formula is C26H19N3. The summed E-state index contributed by atoms with van der Waals surface area (Å²) in [6, 6.07) is 34.2. The number of fused-ring (bicyclic) bond motifs is 4. The summed E-state index contributed by atoms with van der Waals surface area (Å²) in [5, 5.41) is 2.55. The summed E-state index contributed by atoms with van der Waals surface area (Å²) in [6.45, 7) is 2.06. The van der Waals surface area contributed by atoms with Crippen LogP contribution in [0.2, 0.25) is 0 Å². The number of imidazole rings is 1. The van der Waals surface area contributed by atoms with Gasteiger partial charge in [0.15, 0.2) is 0 Å². The van der Waals surface area contributed by atoms with Gasteiger partial charge in [0.05, 0.1) is 22.1 Å². The van der Waals surface area contributed by atoms with E-state index in [-0.39, 0.29) is 0 Å². The molecular weight excluding hydrogens is 354 g/mol. The molecule has 3 nitrogen and oxygen atoms in total. The van der Waals surface area contributed by atoms with Gasteiger partial charge in [0.1, 0.15) is 5.82 Å².